The predicted molar refractivity (Wildman–Crippen MR) is 70.5 cm³/mol. The van der Waals surface area contributed by atoms with Gasteiger partial charge in [-0.25, -0.2) is 0 Å². The summed E-state index contributed by atoms with van der Waals surface area (Å²) in [6, 6.07) is 4.24. The quantitative estimate of drug-likeness (QED) is 0.818. The molecule has 0 radical (unpaired) electrons. The lowest BCUT2D eigenvalue weighted by Gasteiger charge is -2.09. The number of aryl methyl sites for hydroxylation is 1. The second kappa shape index (κ2) is 4.24. The molecule has 1 heterocycles. The smallest absolute Gasteiger partial charge is 0.253 e. The van der Waals surface area contributed by atoms with Crippen LogP contribution in [-0.2, 0) is 0 Å². The van der Waals surface area contributed by atoms with Crippen LogP contribution in [0, 0.1) is 6.92 Å². The standard InChI is InChI=1S/C14H18N2O/c1-8(2)10-5-9(3)6-11-12(14(17)15-4)7-16-13(10)11/h5-8,16H,1-4H3,(H,15,17). The van der Waals surface area contributed by atoms with E-state index in [4.69, 9.17) is 0 Å². The van der Waals surface area contributed by atoms with E-state index < -0.39 is 0 Å². The summed E-state index contributed by atoms with van der Waals surface area (Å²) in [5, 5.41) is 3.68. The zero-order valence-corrected chi connectivity index (χ0v) is 10.7. The summed E-state index contributed by atoms with van der Waals surface area (Å²) in [4.78, 5) is 15.0. The molecule has 0 atom stereocenters. The number of carbonyl (C=O) groups is 1. The Labute approximate surface area is 101 Å². The zero-order chi connectivity index (χ0) is 12.6. The van der Waals surface area contributed by atoms with Gasteiger partial charge in [0.2, 0.25) is 0 Å². The van der Waals surface area contributed by atoms with E-state index in [0.29, 0.717) is 11.5 Å². The Morgan fingerprint density at radius 2 is 2.06 bits per heavy atom. The summed E-state index contributed by atoms with van der Waals surface area (Å²) in [6.45, 7) is 6.38. The van der Waals surface area contributed by atoms with Gasteiger partial charge in [-0.05, 0) is 24.5 Å². The third kappa shape index (κ3) is 1.93. The van der Waals surface area contributed by atoms with Crippen molar-refractivity contribution in [2.75, 3.05) is 7.05 Å². The number of benzene rings is 1. The van der Waals surface area contributed by atoms with Crippen molar-refractivity contribution in [2.45, 2.75) is 26.7 Å². The van der Waals surface area contributed by atoms with Crippen LogP contribution in [0.5, 0.6) is 0 Å². The van der Waals surface area contributed by atoms with Gasteiger partial charge in [0.1, 0.15) is 0 Å². The van der Waals surface area contributed by atoms with E-state index in [1.54, 1.807) is 13.2 Å². The first-order valence-corrected chi connectivity index (χ1v) is 5.88. The summed E-state index contributed by atoms with van der Waals surface area (Å²) >= 11 is 0. The lowest BCUT2D eigenvalue weighted by molar-refractivity contribution is 0.0965. The largest absolute Gasteiger partial charge is 0.360 e. The van der Waals surface area contributed by atoms with Crippen LogP contribution < -0.4 is 5.32 Å². The van der Waals surface area contributed by atoms with E-state index in [1.807, 2.05) is 0 Å². The molecule has 3 heteroatoms. The fourth-order valence-electron chi connectivity index (χ4n) is 2.19. The number of aromatic nitrogens is 1. The predicted octanol–water partition coefficient (Wildman–Crippen LogP) is 2.96. The fourth-order valence-corrected chi connectivity index (χ4v) is 2.19. The summed E-state index contributed by atoms with van der Waals surface area (Å²) < 4.78 is 0. The monoisotopic (exact) mass is 230 g/mol. The zero-order valence-electron chi connectivity index (χ0n) is 10.7. The van der Waals surface area contributed by atoms with E-state index in [0.717, 1.165) is 10.9 Å². The van der Waals surface area contributed by atoms with Gasteiger partial charge < -0.3 is 10.3 Å². The molecule has 1 aromatic heterocycles. The number of nitrogens with one attached hydrogen (secondary N) is 2. The van der Waals surface area contributed by atoms with Crippen LogP contribution in [0.1, 0.15) is 41.3 Å². The van der Waals surface area contributed by atoms with Crippen molar-refractivity contribution in [3.8, 4) is 0 Å². The van der Waals surface area contributed by atoms with E-state index in [-0.39, 0.29) is 5.91 Å². The Morgan fingerprint density at radius 3 is 2.65 bits per heavy atom. The molecule has 17 heavy (non-hydrogen) atoms. The molecule has 1 aromatic carbocycles. The maximum atomic E-state index is 11.7. The number of H-pyrrole nitrogens is 1. The third-order valence-corrected chi connectivity index (χ3v) is 3.06. The molecule has 2 N–H and O–H groups in total. The Bertz CT molecular complexity index is 567. The molecular weight excluding hydrogens is 212 g/mol. The number of rotatable bonds is 2. The van der Waals surface area contributed by atoms with Gasteiger partial charge >= 0.3 is 0 Å². The lowest BCUT2D eigenvalue weighted by atomic mass is 9.97. The minimum Gasteiger partial charge on any atom is -0.360 e. The summed E-state index contributed by atoms with van der Waals surface area (Å²) in [6.07, 6.45) is 1.79. The Morgan fingerprint density at radius 1 is 1.35 bits per heavy atom. The first-order valence-electron chi connectivity index (χ1n) is 5.88. The summed E-state index contributed by atoms with van der Waals surface area (Å²) in [5.41, 5.74) is 4.23. The van der Waals surface area contributed by atoms with Crippen LogP contribution in [0.4, 0.5) is 0 Å². The molecule has 0 unspecified atom stereocenters. The summed E-state index contributed by atoms with van der Waals surface area (Å²) in [5.74, 6) is 0.394. The van der Waals surface area contributed by atoms with Gasteiger partial charge in [-0.3, -0.25) is 4.79 Å². The molecule has 3 nitrogen and oxygen atoms in total. The van der Waals surface area contributed by atoms with Gasteiger partial charge in [0.15, 0.2) is 0 Å². The molecule has 0 bridgehead atoms. The normalized spacial score (nSPS) is 11.1. The molecular formula is C14H18N2O. The van der Waals surface area contributed by atoms with Gasteiger partial charge in [-0.1, -0.05) is 25.5 Å². The van der Waals surface area contributed by atoms with E-state index >= 15 is 0 Å². The van der Waals surface area contributed by atoms with Crippen LogP contribution in [0.15, 0.2) is 18.3 Å². The van der Waals surface area contributed by atoms with Gasteiger partial charge in [0.25, 0.3) is 5.91 Å². The lowest BCUT2D eigenvalue weighted by Crippen LogP contribution is -2.17. The van der Waals surface area contributed by atoms with Crippen molar-refractivity contribution in [3.63, 3.8) is 0 Å². The van der Waals surface area contributed by atoms with E-state index in [2.05, 4.69) is 43.2 Å². The highest BCUT2D eigenvalue weighted by atomic mass is 16.1. The van der Waals surface area contributed by atoms with E-state index in [9.17, 15) is 4.79 Å². The van der Waals surface area contributed by atoms with Crippen molar-refractivity contribution >= 4 is 16.8 Å². The average Bonchev–Trinajstić information content (AvgIpc) is 2.70. The summed E-state index contributed by atoms with van der Waals surface area (Å²) in [7, 11) is 1.65. The highest BCUT2D eigenvalue weighted by Gasteiger charge is 2.14. The number of carbonyl (C=O) groups excluding carboxylic acids is 1. The minimum atomic E-state index is -0.0449. The second-order valence-electron chi connectivity index (χ2n) is 4.71. The Hall–Kier alpha value is -1.77. The van der Waals surface area contributed by atoms with Gasteiger partial charge in [0, 0.05) is 24.1 Å². The minimum absolute atomic E-state index is 0.0449. The third-order valence-electron chi connectivity index (χ3n) is 3.06. The van der Waals surface area contributed by atoms with Crippen LogP contribution in [0.25, 0.3) is 10.9 Å². The maximum Gasteiger partial charge on any atom is 0.253 e. The Kier molecular flexibility index (Phi) is 2.92. The Balaban J connectivity index is 2.73. The van der Waals surface area contributed by atoms with Gasteiger partial charge in [-0.15, -0.1) is 0 Å². The van der Waals surface area contributed by atoms with Crippen LogP contribution in [0.3, 0.4) is 0 Å². The van der Waals surface area contributed by atoms with Gasteiger partial charge in [0.05, 0.1) is 5.56 Å². The molecule has 90 valence electrons. The molecule has 0 aliphatic heterocycles. The highest BCUT2D eigenvalue weighted by molar-refractivity contribution is 6.07. The van der Waals surface area contributed by atoms with Crippen LogP contribution in [-0.4, -0.2) is 17.9 Å². The first-order chi connectivity index (χ1) is 8.04. The number of fused-ring (bicyclic) bond motifs is 1. The van der Waals surface area contributed by atoms with Crippen LogP contribution in [0.2, 0.25) is 0 Å². The molecule has 0 aliphatic rings. The molecule has 0 spiro atoms. The molecule has 2 aromatic rings. The molecule has 0 fully saturated rings. The number of aromatic amines is 1. The van der Waals surface area contributed by atoms with Crippen molar-refractivity contribution in [1.82, 2.24) is 10.3 Å². The second-order valence-corrected chi connectivity index (χ2v) is 4.71. The number of hydrogen-bond acceptors (Lipinski definition) is 1. The van der Waals surface area contributed by atoms with Crippen molar-refractivity contribution in [1.29, 1.82) is 0 Å². The highest BCUT2D eigenvalue weighted by Crippen LogP contribution is 2.28. The van der Waals surface area contributed by atoms with Gasteiger partial charge in [-0.2, -0.15) is 0 Å². The van der Waals surface area contributed by atoms with Crippen LogP contribution >= 0.6 is 0 Å². The molecule has 0 saturated carbocycles. The maximum absolute atomic E-state index is 11.7. The van der Waals surface area contributed by atoms with Crippen molar-refractivity contribution < 1.29 is 4.79 Å². The molecule has 2 rings (SSSR count). The molecule has 0 saturated heterocycles. The van der Waals surface area contributed by atoms with Crippen molar-refractivity contribution in [3.05, 3.63) is 35.0 Å². The number of amides is 1. The number of hydrogen-bond donors (Lipinski definition) is 2. The average molecular weight is 230 g/mol. The van der Waals surface area contributed by atoms with E-state index in [1.165, 1.54) is 11.1 Å². The molecule has 0 aliphatic carbocycles. The first kappa shape index (κ1) is 11.7. The SMILES string of the molecule is CNC(=O)c1c[nH]c2c(C(C)C)cc(C)cc12. The fraction of sp³-hybridized carbons (Fsp3) is 0.357. The topological polar surface area (TPSA) is 44.9 Å². The molecule has 1 amide bonds. The van der Waals surface area contributed by atoms with Crippen molar-refractivity contribution in [2.24, 2.45) is 0 Å².